The average molecular weight is 732 g/mol. The molecule has 9 nitrogen and oxygen atoms in total. The number of esters is 2. The maximum Gasteiger partial charge on any atom is 0.472 e. The van der Waals surface area contributed by atoms with Gasteiger partial charge in [0.15, 0.2) is 6.10 Å². The van der Waals surface area contributed by atoms with Crippen LogP contribution < -0.4 is 5.73 Å². The number of rotatable bonds is 39. The average Bonchev–Trinajstić information content (AvgIpc) is 3.10. The molecule has 0 aliphatic heterocycles. The highest BCUT2D eigenvalue weighted by Crippen LogP contribution is 2.43. The molecule has 0 amide bonds. The molecule has 0 radical (unpaired) electrons. The van der Waals surface area contributed by atoms with Crippen molar-refractivity contribution in [3.05, 3.63) is 12.2 Å². The lowest BCUT2D eigenvalue weighted by molar-refractivity contribution is -0.161. The molecule has 0 aliphatic rings. The first-order valence-electron chi connectivity index (χ1n) is 20.7. The van der Waals surface area contributed by atoms with Crippen molar-refractivity contribution in [3.63, 3.8) is 0 Å². The van der Waals surface area contributed by atoms with Crippen molar-refractivity contribution in [1.29, 1.82) is 0 Å². The summed E-state index contributed by atoms with van der Waals surface area (Å²) in [6.45, 7) is 3.70. The molecule has 3 N–H and O–H groups in total. The molecule has 1 unspecified atom stereocenters. The Morgan fingerprint density at radius 3 is 1.48 bits per heavy atom. The normalized spacial score (nSPS) is 13.4. The number of nitrogens with two attached hydrogens (primary N) is 1. The number of phosphoric acid groups is 1. The van der Waals surface area contributed by atoms with Crippen molar-refractivity contribution in [1.82, 2.24) is 0 Å². The lowest BCUT2D eigenvalue weighted by Crippen LogP contribution is -2.29. The molecule has 0 aromatic rings. The molecule has 10 heteroatoms. The molecule has 0 rings (SSSR count). The first-order valence-corrected chi connectivity index (χ1v) is 22.2. The fraction of sp³-hybridized carbons (Fsp3) is 0.900. The Morgan fingerprint density at radius 2 is 1.00 bits per heavy atom. The third-order valence-electron chi connectivity index (χ3n) is 8.90. The Labute approximate surface area is 307 Å². The van der Waals surface area contributed by atoms with Gasteiger partial charge in [0, 0.05) is 19.4 Å². The third-order valence-corrected chi connectivity index (χ3v) is 9.89. The van der Waals surface area contributed by atoms with Gasteiger partial charge in [-0.2, -0.15) is 0 Å². The van der Waals surface area contributed by atoms with Gasteiger partial charge in [0.2, 0.25) is 0 Å². The fourth-order valence-corrected chi connectivity index (χ4v) is 6.56. The van der Waals surface area contributed by atoms with Crippen LogP contribution in [0.3, 0.4) is 0 Å². The smallest absolute Gasteiger partial charge is 0.462 e. The Bertz CT molecular complexity index is 840. The van der Waals surface area contributed by atoms with E-state index in [1.165, 1.54) is 109 Å². The first kappa shape index (κ1) is 48.8. The monoisotopic (exact) mass is 732 g/mol. The molecule has 0 aromatic carbocycles. The summed E-state index contributed by atoms with van der Waals surface area (Å²) in [6, 6.07) is 0. The molecule has 50 heavy (non-hydrogen) atoms. The van der Waals surface area contributed by atoms with Crippen molar-refractivity contribution in [2.45, 2.75) is 206 Å². The molecule has 0 saturated carbocycles. The second-order valence-corrected chi connectivity index (χ2v) is 15.3. The first-order chi connectivity index (χ1) is 24.3. The van der Waals surface area contributed by atoms with E-state index in [9.17, 15) is 19.0 Å². The molecular formula is C40H78NO8P. The molecule has 0 aromatic heterocycles. The van der Waals surface area contributed by atoms with E-state index in [-0.39, 0.29) is 38.6 Å². The quantitative estimate of drug-likeness (QED) is 0.0274. The number of phosphoric ester groups is 1. The minimum absolute atomic E-state index is 0.0550. The molecule has 0 bridgehead atoms. The molecular weight excluding hydrogens is 653 g/mol. The van der Waals surface area contributed by atoms with Crippen LogP contribution in [0.5, 0.6) is 0 Å². The van der Waals surface area contributed by atoms with Gasteiger partial charge in [0.05, 0.1) is 13.2 Å². The summed E-state index contributed by atoms with van der Waals surface area (Å²) >= 11 is 0. The summed E-state index contributed by atoms with van der Waals surface area (Å²) in [5, 5.41) is 0. The number of allylic oxidation sites excluding steroid dienone is 2. The number of hydrogen-bond donors (Lipinski definition) is 2. The van der Waals surface area contributed by atoms with E-state index in [0.29, 0.717) is 6.42 Å². The maximum absolute atomic E-state index is 12.5. The van der Waals surface area contributed by atoms with Gasteiger partial charge in [-0.15, -0.1) is 0 Å². The van der Waals surface area contributed by atoms with Crippen LogP contribution in [0.25, 0.3) is 0 Å². The van der Waals surface area contributed by atoms with Crippen molar-refractivity contribution in [2.75, 3.05) is 26.4 Å². The highest BCUT2D eigenvalue weighted by molar-refractivity contribution is 7.47. The van der Waals surface area contributed by atoms with Crippen molar-refractivity contribution in [2.24, 2.45) is 5.73 Å². The molecule has 0 aliphatic carbocycles. The summed E-state index contributed by atoms with van der Waals surface area (Å²) in [5.74, 6) is -0.832. The van der Waals surface area contributed by atoms with Gasteiger partial charge in [0.25, 0.3) is 0 Å². The lowest BCUT2D eigenvalue weighted by Gasteiger charge is -2.19. The summed E-state index contributed by atoms with van der Waals surface area (Å²) in [7, 11) is -4.37. The van der Waals surface area contributed by atoms with Gasteiger partial charge < -0.3 is 20.1 Å². The summed E-state index contributed by atoms with van der Waals surface area (Å²) in [5.41, 5.74) is 5.34. The topological polar surface area (TPSA) is 134 Å². The zero-order valence-electron chi connectivity index (χ0n) is 32.4. The fourth-order valence-electron chi connectivity index (χ4n) is 5.79. The molecule has 0 saturated heterocycles. The third kappa shape index (κ3) is 36.5. The van der Waals surface area contributed by atoms with Crippen LogP contribution in [0.1, 0.15) is 200 Å². The van der Waals surface area contributed by atoms with E-state index in [1.807, 2.05) is 0 Å². The van der Waals surface area contributed by atoms with Crippen LogP contribution in [-0.4, -0.2) is 49.3 Å². The summed E-state index contributed by atoms with van der Waals surface area (Å²) in [6.07, 6.45) is 36.7. The Morgan fingerprint density at radius 1 is 0.580 bits per heavy atom. The largest absolute Gasteiger partial charge is 0.472 e. The standard InChI is InChI=1S/C40H78NO8P/c1-3-5-7-9-11-13-15-16-17-18-19-20-21-23-25-27-29-31-33-40(43)49-38(37-48-50(44,45)47-35-34-41)36-46-39(42)32-30-28-26-24-22-14-12-10-8-6-4-2/h10,12,38H,3-9,11,13-37,41H2,1-2H3,(H,44,45)/b12-10+/t38-/m1/s1. The van der Waals surface area contributed by atoms with E-state index < -0.39 is 26.5 Å². The minimum atomic E-state index is -4.37. The maximum atomic E-state index is 12.5. The van der Waals surface area contributed by atoms with Crippen LogP contribution in [0.15, 0.2) is 12.2 Å². The van der Waals surface area contributed by atoms with Gasteiger partial charge >= 0.3 is 19.8 Å². The summed E-state index contributed by atoms with van der Waals surface area (Å²) < 4.78 is 32.7. The van der Waals surface area contributed by atoms with E-state index in [0.717, 1.165) is 57.8 Å². The van der Waals surface area contributed by atoms with Crippen molar-refractivity contribution < 1.29 is 37.6 Å². The number of carbonyl (C=O) groups is 2. The van der Waals surface area contributed by atoms with E-state index >= 15 is 0 Å². The van der Waals surface area contributed by atoms with Gasteiger partial charge in [-0.1, -0.05) is 167 Å². The Kier molecular flexibility index (Phi) is 36.6. The van der Waals surface area contributed by atoms with E-state index in [2.05, 4.69) is 26.0 Å². The lowest BCUT2D eigenvalue weighted by atomic mass is 10.0. The van der Waals surface area contributed by atoms with Crippen LogP contribution in [0.4, 0.5) is 0 Å². The van der Waals surface area contributed by atoms with Crippen LogP contribution in [0, 0.1) is 0 Å². The van der Waals surface area contributed by atoms with Gasteiger partial charge in [-0.3, -0.25) is 18.6 Å². The number of ether oxygens (including phenoxy) is 2. The van der Waals surface area contributed by atoms with E-state index in [1.54, 1.807) is 0 Å². The second kappa shape index (κ2) is 37.5. The summed E-state index contributed by atoms with van der Waals surface area (Å²) in [4.78, 5) is 34.7. The van der Waals surface area contributed by atoms with Crippen LogP contribution >= 0.6 is 7.82 Å². The molecule has 296 valence electrons. The van der Waals surface area contributed by atoms with E-state index in [4.69, 9.17) is 24.3 Å². The molecule has 2 atom stereocenters. The van der Waals surface area contributed by atoms with Crippen LogP contribution in [0.2, 0.25) is 0 Å². The van der Waals surface area contributed by atoms with Crippen molar-refractivity contribution >= 4 is 19.8 Å². The number of unbranched alkanes of at least 4 members (excludes halogenated alkanes) is 24. The zero-order valence-corrected chi connectivity index (χ0v) is 33.3. The predicted octanol–water partition coefficient (Wildman–Crippen LogP) is 11.4. The SMILES string of the molecule is CCCC/C=C/CCCCCCCC(=O)OC[C@H](COP(=O)(O)OCCN)OC(=O)CCCCCCCCCCCCCCCCCCCC. The highest BCUT2D eigenvalue weighted by atomic mass is 31.2. The Balaban J connectivity index is 4.12. The second-order valence-electron chi connectivity index (χ2n) is 13.9. The van der Waals surface area contributed by atoms with Crippen LogP contribution in [-0.2, 0) is 32.7 Å². The van der Waals surface area contributed by atoms with Gasteiger partial charge in [-0.25, -0.2) is 4.57 Å². The molecule has 0 fully saturated rings. The number of hydrogen-bond acceptors (Lipinski definition) is 8. The Hall–Kier alpha value is -1.25. The van der Waals surface area contributed by atoms with Crippen molar-refractivity contribution in [3.8, 4) is 0 Å². The van der Waals surface area contributed by atoms with Gasteiger partial charge in [-0.05, 0) is 32.1 Å². The molecule has 0 spiro atoms. The number of carbonyl (C=O) groups excluding carboxylic acids is 2. The molecule has 0 heterocycles. The van der Waals surface area contributed by atoms with Gasteiger partial charge in [0.1, 0.15) is 6.61 Å². The predicted molar refractivity (Wildman–Crippen MR) is 206 cm³/mol. The highest BCUT2D eigenvalue weighted by Gasteiger charge is 2.26. The minimum Gasteiger partial charge on any atom is -0.462 e. The zero-order chi connectivity index (χ0) is 36.8.